The van der Waals surface area contributed by atoms with Crippen molar-refractivity contribution >= 4 is 5.84 Å². The van der Waals surface area contributed by atoms with Crippen LogP contribution in [0, 0.1) is 5.92 Å². The SMILES string of the molecule is C/C=C/CC(C)N=C(N)C(C)C. The number of allylic oxidation sites excluding steroid dienone is 1. The minimum absolute atomic E-state index is 0.309. The molecule has 0 aliphatic rings. The molecule has 0 radical (unpaired) electrons. The second-order valence-corrected chi connectivity index (χ2v) is 3.36. The van der Waals surface area contributed by atoms with E-state index in [-0.39, 0.29) is 0 Å². The Balaban J connectivity index is 3.95. The van der Waals surface area contributed by atoms with E-state index in [1.165, 1.54) is 0 Å². The third-order valence-electron chi connectivity index (χ3n) is 1.67. The molecule has 2 nitrogen and oxygen atoms in total. The van der Waals surface area contributed by atoms with Gasteiger partial charge in [-0.3, -0.25) is 4.99 Å². The number of nitrogens with zero attached hydrogens (tertiary/aromatic N) is 1. The maximum atomic E-state index is 5.72. The van der Waals surface area contributed by atoms with Gasteiger partial charge in [0.25, 0.3) is 0 Å². The number of rotatable bonds is 4. The highest BCUT2D eigenvalue weighted by Crippen LogP contribution is 2.01. The minimum atomic E-state index is 0.309. The molecule has 2 N–H and O–H groups in total. The van der Waals surface area contributed by atoms with Crippen LogP contribution in [0.1, 0.15) is 34.1 Å². The van der Waals surface area contributed by atoms with Gasteiger partial charge in [0.2, 0.25) is 0 Å². The van der Waals surface area contributed by atoms with Gasteiger partial charge in [-0.25, -0.2) is 0 Å². The molecule has 0 aromatic heterocycles. The Labute approximate surface area is 75.6 Å². The maximum absolute atomic E-state index is 5.72. The summed E-state index contributed by atoms with van der Waals surface area (Å²) in [4.78, 5) is 4.36. The van der Waals surface area contributed by atoms with Crippen molar-refractivity contribution in [3.63, 3.8) is 0 Å². The van der Waals surface area contributed by atoms with E-state index in [2.05, 4.69) is 31.8 Å². The predicted octanol–water partition coefficient (Wildman–Crippen LogP) is 2.35. The summed E-state index contributed by atoms with van der Waals surface area (Å²) in [5, 5.41) is 0. The van der Waals surface area contributed by atoms with Gasteiger partial charge in [0.1, 0.15) is 0 Å². The maximum Gasteiger partial charge on any atom is 0.0966 e. The number of aliphatic imine (C=N–C) groups is 1. The van der Waals surface area contributed by atoms with Crippen LogP contribution in [0.3, 0.4) is 0 Å². The highest BCUT2D eigenvalue weighted by atomic mass is 14.9. The zero-order valence-electron chi connectivity index (χ0n) is 8.54. The normalized spacial score (nSPS) is 15.9. The lowest BCUT2D eigenvalue weighted by molar-refractivity contribution is 0.736. The first-order valence-corrected chi connectivity index (χ1v) is 4.52. The molecule has 0 amide bonds. The predicted molar refractivity (Wildman–Crippen MR) is 55.4 cm³/mol. The van der Waals surface area contributed by atoms with E-state index in [1.807, 2.05) is 13.0 Å². The van der Waals surface area contributed by atoms with E-state index < -0.39 is 0 Å². The van der Waals surface area contributed by atoms with Gasteiger partial charge in [-0.05, 0) is 20.3 Å². The number of nitrogens with two attached hydrogens (primary N) is 1. The van der Waals surface area contributed by atoms with Crippen molar-refractivity contribution in [2.45, 2.75) is 40.2 Å². The number of hydrogen-bond donors (Lipinski definition) is 1. The smallest absolute Gasteiger partial charge is 0.0966 e. The average Bonchev–Trinajstić information content (AvgIpc) is 2.00. The van der Waals surface area contributed by atoms with Crippen LogP contribution in [0.2, 0.25) is 0 Å². The molecular formula is C10H20N2. The summed E-state index contributed by atoms with van der Waals surface area (Å²) >= 11 is 0. The van der Waals surface area contributed by atoms with Gasteiger partial charge >= 0.3 is 0 Å². The summed E-state index contributed by atoms with van der Waals surface area (Å²) in [7, 11) is 0. The zero-order chi connectivity index (χ0) is 9.56. The molecule has 0 saturated heterocycles. The van der Waals surface area contributed by atoms with Gasteiger partial charge in [0, 0.05) is 5.92 Å². The molecular weight excluding hydrogens is 148 g/mol. The number of hydrogen-bond acceptors (Lipinski definition) is 1. The van der Waals surface area contributed by atoms with Crippen molar-refractivity contribution < 1.29 is 0 Å². The van der Waals surface area contributed by atoms with Crippen molar-refractivity contribution in [2.75, 3.05) is 0 Å². The van der Waals surface area contributed by atoms with E-state index in [1.54, 1.807) is 0 Å². The monoisotopic (exact) mass is 168 g/mol. The fourth-order valence-corrected chi connectivity index (χ4v) is 0.789. The lowest BCUT2D eigenvalue weighted by Gasteiger charge is -2.07. The third kappa shape index (κ3) is 4.94. The summed E-state index contributed by atoms with van der Waals surface area (Å²) in [5.74, 6) is 1.12. The van der Waals surface area contributed by atoms with Crippen molar-refractivity contribution in [3.8, 4) is 0 Å². The van der Waals surface area contributed by atoms with Gasteiger partial charge in [-0.2, -0.15) is 0 Å². The largest absolute Gasteiger partial charge is 0.387 e. The minimum Gasteiger partial charge on any atom is -0.387 e. The Hall–Kier alpha value is -0.790. The highest BCUT2D eigenvalue weighted by Gasteiger charge is 2.01. The van der Waals surface area contributed by atoms with Gasteiger partial charge < -0.3 is 5.73 Å². The molecule has 0 rings (SSSR count). The summed E-state index contributed by atoms with van der Waals surface area (Å²) in [6.45, 7) is 8.21. The van der Waals surface area contributed by atoms with Gasteiger partial charge in [0.05, 0.1) is 11.9 Å². The number of amidine groups is 1. The Bertz CT molecular complexity index is 169. The molecule has 0 aromatic carbocycles. The van der Waals surface area contributed by atoms with E-state index in [4.69, 9.17) is 5.73 Å². The molecule has 0 aliphatic heterocycles. The van der Waals surface area contributed by atoms with Crippen LogP contribution in [0.15, 0.2) is 17.1 Å². The topological polar surface area (TPSA) is 38.4 Å². The van der Waals surface area contributed by atoms with Crippen LogP contribution in [0.5, 0.6) is 0 Å². The Morgan fingerprint density at radius 1 is 1.42 bits per heavy atom. The van der Waals surface area contributed by atoms with Crippen molar-refractivity contribution in [1.29, 1.82) is 0 Å². The Morgan fingerprint density at radius 3 is 2.42 bits per heavy atom. The van der Waals surface area contributed by atoms with Crippen LogP contribution in [-0.4, -0.2) is 11.9 Å². The molecule has 0 saturated carbocycles. The molecule has 0 aromatic rings. The molecule has 70 valence electrons. The zero-order valence-corrected chi connectivity index (χ0v) is 8.54. The molecule has 0 spiro atoms. The van der Waals surface area contributed by atoms with Crippen LogP contribution in [-0.2, 0) is 0 Å². The molecule has 0 bridgehead atoms. The molecule has 0 aliphatic carbocycles. The lowest BCUT2D eigenvalue weighted by atomic mass is 10.2. The lowest BCUT2D eigenvalue weighted by Crippen LogP contribution is -2.21. The quantitative estimate of drug-likeness (QED) is 0.390. The van der Waals surface area contributed by atoms with E-state index >= 15 is 0 Å². The first-order valence-electron chi connectivity index (χ1n) is 4.52. The van der Waals surface area contributed by atoms with Crippen LogP contribution >= 0.6 is 0 Å². The third-order valence-corrected chi connectivity index (χ3v) is 1.67. The average molecular weight is 168 g/mol. The molecule has 1 atom stereocenters. The van der Waals surface area contributed by atoms with Crippen LogP contribution < -0.4 is 5.73 Å². The first kappa shape index (κ1) is 11.2. The van der Waals surface area contributed by atoms with Crippen LogP contribution in [0.25, 0.3) is 0 Å². The van der Waals surface area contributed by atoms with Crippen molar-refractivity contribution in [1.82, 2.24) is 0 Å². The Morgan fingerprint density at radius 2 is 2.00 bits per heavy atom. The fourth-order valence-electron chi connectivity index (χ4n) is 0.789. The fraction of sp³-hybridized carbons (Fsp3) is 0.700. The summed E-state index contributed by atoms with van der Waals surface area (Å²) in [5.41, 5.74) is 5.72. The second kappa shape index (κ2) is 5.81. The van der Waals surface area contributed by atoms with E-state index in [0.717, 1.165) is 12.3 Å². The summed E-state index contributed by atoms with van der Waals surface area (Å²) < 4.78 is 0. The van der Waals surface area contributed by atoms with E-state index in [9.17, 15) is 0 Å². The van der Waals surface area contributed by atoms with Crippen molar-refractivity contribution in [3.05, 3.63) is 12.2 Å². The standard InChI is InChI=1S/C10H20N2/c1-5-6-7-9(4)12-10(11)8(2)3/h5-6,8-9H,7H2,1-4H3,(H2,11,12)/b6-5+. The first-order chi connectivity index (χ1) is 5.57. The molecule has 1 unspecified atom stereocenters. The highest BCUT2D eigenvalue weighted by molar-refractivity contribution is 5.82. The van der Waals surface area contributed by atoms with Gasteiger partial charge in [0.15, 0.2) is 0 Å². The second-order valence-electron chi connectivity index (χ2n) is 3.36. The molecule has 12 heavy (non-hydrogen) atoms. The van der Waals surface area contributed by atoms with Crippen LogP contribution in [0.4, 0.5) is 0 Å². The Kier molecular flexibility index (Phi) is 5.43. The molecule has 0 fully saturated rings. The molecule has 2 heteroatoms. The summed E-state index contributed by atoms with van der Waals surface area (Å²) in [6, 6.07) is 0.309. The van der Waals surface area contributed by atoms with E-state index in [0.29, 0.717) is 12.0 Å². The van der Waals surface area contributed by atoms with Gasteiger partial charge in [-0.15, -0.1) is 0 Å². The van der Waals surface area contributed by atoms with Gasteiger partial charge in [-0.1, -0.05) is 26.0 Å². The summed E-state index contributed by atoms with van der Waals surface area (Å²) in [6.07, 6.45) is 5.13. The molecule has 0 heterocycles. The van der Waals surface area contributed by atoms with Crippen molar-refractivity contribution in [2.24, 2.45) is 16.6 Å².